The van der Waals surface area contributed by atoms with Crippen molar-refractivity contribution in [3.8, 4) is 5.75 Å². The topological polar surface area (TPSA) is 73.1 Å². The number of ether oxygens (including phenoxy) is 1. The van der Waals surface area contributed by atoms with Crippen LogP contribution in [0.3, 0.4) is 0 Å². The van der Waals surface area contributed by atoms with Gasteiger partial charge in [0.05, 0.1) is 18.1 Å². The summed E-state index contributed by atoms with van der Waals surface area (Å²) in [6, 6.07) is 13.4. The number of benzene rings is 2. The number of para-hydroxylation sites is 2. The number of methoxy groups -OCH3 is 1. The number of nitrogens with zero attached hydrogens (tertiary/aromatic N) is 2. The number of nitrogens with one attached hydrogen (secondary N) is 1. The summed E-state index contributed by atoms with van der Waals surface area (Å²) in [5.74, 6) is 1.75. The molecule has 2 aromatic carbocycles. The van der Waals surface area contributed by atoms with Crippen LogP contribution in [0.2, 0.25) is 0 Å². The predicted octanol–water partition coefficient (Wildman–Crippen LogP) is 3.27. The van der Waals surface area contributed by atoms with Gasteiger partial charge in [-0.25, -0.2) is 9.97 Å². The van der Waals surface area contributed by atoms with Crippen LogP contribution in [-0.4, -0.2) is 17.1 Å². The van der Waals surface area contributed by atoms with Crippen molar-refractivity contribution in [1.82, 2.24) is 9.97 Å². The monoisotopic (exact) mass is 280 g/mol. The number of nitrogens with two attached hydrogens (primary N) is 1. The molecule has 21 heavy (non-hydrogen) atoms. The van der Waals surface area contributed by atoms with E-state index in [9.17, 15) is 0 Å². The Kier molecular flexibility index (Phi) is 3.31. The zero-order chi connectivity index (χ0) is 14.8. The summed E-state index contributed by atoms with van der Waals surface area (Å²) in [5.41, 5.74) is 9.54. The number of rotatable bonds is 3. The van der Waals surface area contributed by atoms with Crippen molar-refractivity contribution < 1.29 is 4.74 Å². The zero-order valence-corrected chi connectivity index (χ0v) is 11.9. The third-order valence-corrected chi connectivity index (χ3v) is 3.28. The second-order valence-electron chi connectivity index (χ2n) is 4.75. The van der Waals surface area contributed by atoms with Gasteiger partial charge < -0.3 is 15.8 Å². The van der Waals surface area contributed by atoms with Crippen LogP contribution in [0.1, 0.15) is 5.56 Å². The van der Waals surface area contributed by atoms with Gasteiger partial charge in [-0.05, 0) is 42.8 Å². The SMILES string of the molecule is COc1ccc(Nc2nc3ccccc3nc2N)c(C)c1. The van der Waals surface area contributed by atoms with Gasteiger partial charge in [-0.15, -0.1) is 0 Å². The van der Waals surface area contributed by atoms with Crippen LogP contribution in [0.5, 0.6) is 5.75 Å². The molecule has 106 valence electrons. The molecule has 3 N–H and O–H groups in total. The summed E-state index contributed by atoms with van der Waals surface area (Å²) < 4.78 is 5.20. The van der Waals surface area contributed by atoms with Crippen LogP contribution in [0.25, 0.3) is 11.0 Å². The maximum absolute atomic E-state index is 5.98. The Morgan fingerprint density at radius 3 is 2.43 bits per heavy atom. The molecule has 0 spiro atoms. The fourth-order valence-corrected chi connectivity index (χ4v) is 2.14. The Labute approximate surface area is 122 Å². The van der Waals surface area contributed by atoms with Gasteiger partial charge >= 0.3 is 0 Å². The molecule has 0 atom stereocenters. The molecule has 5 heteroatoms. The van der Waals surface area contributed by atoms with Gasteiger partial charge in [-0.3, -0.25) is 0 Å². The van der Waals surface area contributed by atoms with E-state index in [1.54, 1.807) is 7.11 Å². The van der Waals surface area contributed by atoms with E-state index < -0.39 is 0 Å². The number of nitrogen functional groups attached to an aromatic ring is 1. The highest BCUT2D eigenvalue weighted by molar-refractivity contribution is 5.81. The molecule has 0 saturated heterocycles. The van der Waals surface area contributed by atoms with Crippen LogP contribution in [0, 0.1) is 6.92 Å². The molecule has 0 aliphatic heterocycles. The molecular weight excluding hydrogens is 264 g/mol. The van der Waals surface area contributed by atoms with E-state index in [2.05, 4.69) is 15.3 Å². The Balaban J connectivity index is 1.99. The van der Waals surface area contributed by atoms with E-state index in [0.29, 0.717) is 11.6 Å². The summed E-state index contributed by atoms with van der Waals surface area (Å²) >= 11 is 0. The minimum atomic E-state index is 0.379. The average Bonchev–Trinajstić information content (AvgIpc) is 2.49. The predicted molar refractivity (Wildman–Crippen MR) is 85.0 cm³/mol. The first-order chi connectivity index (χ1) is 10.2. The van der Waals surface area contributed by atoms with Crippen molar-refractivity contribution in [3.63, 3.8) is 0 Å². The van der Waals surface area contributed by atoms with Crippen LogP contribution < -0.4 is 15.8 Å². The zero-order valence-electron chi connectivity index (χ0n) is 11.9. The molecule has 0 aliphatic carbocycles. The number of fused-ring (bicyclic) bond motifs is 1. The van der Waals surface area contributed by atoms with Gasteiger partial charge in [0.1, 0.15) is 5.75 Å². The highest BCUT2D eigenvalue weighted by Gasteiger charge is 2.08. The van der Waals surface area contributed by atoms with Gasteiger partial charge in [-0.2, -0.15) is 0 Å². The molecular formula is C16H16N4O. The minimum absolute atomic E-state index is 0.379. The molecule has 0 fully saturated rings. The smallest absolute Gasteiger partial charge is 0.174 e. The molecule has 0 radical (unpaired) electrons. The molecule has 0 bridgehead atoms. The van der Waals surface area contributed by atoms with Crippen molar-refractivity contribution in [2.75, 3.05) is 18.2 Å². The molecule has 0 saturated carbocycles. The Hall–Kier alpha value is -2.82. The molecule has 3 aromatic rings. The lowest BCUT2D eigenvalue weighted by atomic mass is 10.2. The van der Waals surface area contributed by atoms with E-state index in [-0.39, 0.29) is 0 Å². The van der Waals surface area contributed by atoms with Gasteiger partial charge in [0.25, 0.3) is 0 Å². The lowest BCUT2D eigenvalue weighted by Crippen LogP contribution is -2.03. The normalized spacial score (nSPS) is 10.6. The third kappa shape index (κ3) is 2.58. The van der Waals surface area contributed by atoms with Crippen LogP contribution in [0.15, 0.2) is 42.5 Å². The van der Waals surface area contributed by atoms with Crippen molar-refractivity contribution in [3.05, 3.63) is 48.0 Å². The van der Waals surface area contributed by atoms with E-state index in [1.165, 1.54) is 0 Å². The van der Waals surface area contributed by atoms with Crippen molar-refractivity contribution in [1.29, 1.82) is 0 Å². The number of anilines is 3. The quantitative estimate of drug-likeness (QED) is 0.770. The summed E-state index contributed by atoms with van der Waals surface area (Å²) in [7, 11) is 1.65. The molecule has 0 amide bonds. The highest BCUT2D eigenvalue weighted by Crippen LogP contribution is 2.26. The summed E-state index contributed by atoms with van der Waals surface area (Å²) in [4.78, 5) is 8.89. The first-order valence-electron chi connectivity index (χ1n) is 6.61. The Morgan fingerprint density at radius 1 is 1.05 bits per heavy atom. The van der Waals surface area contributed by atoms with Gasteiger partial charge in [0.2, 0.25) is 0 Å². The largest absolute Gasteiger partial charge is 0.497 e. The molecule has 0 aliphatic rings. The minimum Gasteiger partial charge on any atom is -0.497 e. The first kappa shape index (κ1) is 13.2. The number of hydrogen-bond donors (Lipinski definition) is 2. The highest BCUT2D eigenvalue weighted by atomic mass is 16.5. The standard InChI is InChI=1S/C16H16N4O/c1-10-9-11(21-2)7-8-12(10)19-16-15(17)18-13-5-3-4-6-14(13)20-16/h3-9H,1-2H3,(H2,17,18)(H,19,20). The Bertz CT molecular complexity index is 801. The van der Waals surface area contributed by atoms with E-state index in [0.717, 1.165) is 28.0 Å². The van der Waals surface area contributed by atoms with E-state index in [4.69, 9.17) is 10.5 Å². The number of aryl methyl sites for hydroxylation is 1. The fourth-order valence-electron chi connectivity index (χ4n) is 2.14. The van der Waals surface area contributed by atoms with Crippen LogP contribution in [-0.2, 0) is 0 Å². The number of aromatic nitrogens is 2. The Morgan fingerprint density at radius 2 is 1.76 bits per heavy atom. The number of hydrogen-bond acceptors (Lipinski definition) is 5. The van der Waals surface area contributed by atoms with Gasteiger partial charge in [0, 0.05) is 5.69 Å². The maximum atomic E-state index is 5.98. The summed E-state index contributed by atoms with van der Waals surface area (Å²) in [5, 5.41) is 3.23. The molecule has 3 rings (SSSR count). The molecule has 1 aromatic heterocycles. The summed E-state index contributed by atoms with van der Waals surface area (Å²) in [6.07, 6.45) is 0. The van der Waals surface area contributed by atoms with Crippen molar-refractivity contribution >= 4 is 28.4 Å². The van der Waals surface area contributed by atoms with Crippen LogP contribution >= 0.6 is 0 Å². The second kappa shape index (κ2) is 5.28. The molecule has 1 heterocycles. The maximum Gasteiger partial charge on any atom is 0.174 e. The van der Waals surface area contributed by atoms with Gasteiger partial charge in [-0.1, -0.05) is 12.1 Å². The molecule has 5 nitrogen and oxygen atoms in total. The van der Waals surface area contributed by atoms with E-state index >= 15 is 0 Å². The average molecular weight is 280 g/mol. The van der Waals surface area contributed by atoms with Crippen LogP contribution in [0.4, 0.5) is 17.3 Å². The third-order valence-electron chi connectivity index (χ3n) is 3.28. The first-order valence-corrected chi connectivity index (χ1v) is 6.61. The van der Waals surface area contributed by atoms with E-state index in [1.807, 2.05) is 49.4 Å². The van der Waals surface area contributed by atoms with Crippen molar-refractivity contribution in [2.45, 2.75) is 6.92 Å². The fraction of sp³-hybridized carbons (Fsp3) is 0.125. The lowest BCUT2D eigenvalue weighted by molar-refractivity contribution is 0.414. The van der Waals surface area contributed by atoms with Gasteiger partial charge in [0.15, 0.2) is 11.6 Å². The lowest BCUT2D eigenvalue weighted by Gasteiger charge is -2.12. The van der Waals surface area contributed by atoms with Crippen molar-refractivity contribution in [2.24, 2.45) is 0 Å². The molecule has 0 unspecified atom stereocenters. The second-order valence-corrected chi connectivity index (χ2v) is 4.75. The summed E-state index contributed by atoms with van der Waals surface area (Å²) in [6.45, 7) is 2.00.